The van der Waals surface area contributed by atoms with Gasteiger partial charge in [0.15, 0.2) is 0 Å². The van der Waals surface area contributed by atoms with Gasteiger partial charge in [-0.05, 0) is 65.0 Å². The molecule has 0 aliphatic rings. The molecule has 1 heterocycles. The molecule has 1 aromatic heterocycles. The summed E-state index contributed by atoms with van der Waals surface area (Å²) in [5.41, 5.74) is 2.39. The second-order valence-corrected chi connectivity index (χ2v) is 6.73. The highest BCUT2D eigenvalue weighted by Crippen LogP contribution is 2.31. The SMILES string of the molecule is Cc1cc(Br)cc(NC(C)c2sccc2Br)c1. The first-order valence-electron chi connectivity index (χ1n) is 5.33. The first-order valence-corrected chi connectivity index (χ1v) is 7.79. The Morgan fingerprint density at radius 2 is 2.00 bits per heavy atom. The van der Waals surface area contributed by atoms with Gasteiger partial charge in [-0.25, -0.2) is 0 Å². The van der Waals surface area contributed by atoms with Crippen LogP contribution in [0.15, 0.2) is 38.6 Å². The second kappa shape index (κ2) is 5.55. The molecule has 1 aromatic carbocycles. The van der Waals surface area contributed by atoms with Gasteiger partial charge < -0.3 is 5.32 Å². The van der Waals surface area contributed by atoms with E-state index in [0.29, 0.717) is 6.04 Å². The average Bonchev–Trinajstić information content (AvgIpc) is 2.62. The van der Waals surface area contributed by atoms with Gasteiger partial charge in [-0.2, -0.15) is 0 Å². The van der Waals surface area contributed by atoms with Gasteiger partial charge >= 0.3 is 0 Å². The molecule has 90 valence electrons. The van der Waals surface area contributed by atoms with Gasteiger partial charge in [0, 0.05) is 19.5 Å². The van der Waals surface area contributed by atoms with Crippen molar-refractivity contribution >= 4 is 48.9 Å². The average molecular weight is 375 g/mol. The molecule has 0 radical (unpaired) electrons. The summed E-state index contributed by atoms with van der Waals surface area (Å²) in [6.45, 7) is 4.27. The summed E-state index contributed by atoms with van der Waals surface area (Å²) in [6.07, 6.45) is 0. The lowest BCUT2D eigenvalue weighted by atomic mass is 10.2. The minimum Gasteiger partial charge on any atom is -0.378 e. The molecule has 0 aliphatic carbocycles. The zero-order chi connectivity index (χ0) is 12.4. The van der Waals surface area contributed by atoms with Crippen molar-refractivity contribution < 1.29 is 0 Å². The van der Waals surface area contributed by atoms with Crippen molar-refractivity contribution in [3.8, 4) is 0 Å². The monoisotopic (exact) mass is 373 g/mol. The maximum absolute atomic E-state index is 3.57. The van der Waals surface area contributed by atoms with Crippen LogP contribution in [-0.4, -0.2) is 0 Å². The van der Waals surface area contributed by atoms with Gasteiger partial charge in [-0.3, -0.25) is 0 Å². The Labute approximate surface area is 123 Å². The molecule has 2 aromatic rings. The first kappa shape index (κ1) is 13.1. The third-order valence-electron chi connectivity index (χ3n) is 2.46. The molecular formula is C13H13Br2NS. The fourth-order valence-corrected chi connectivity index (χ4v) is 4.08. The van der Waals surface area contributed by atoms with E-state index in [1.165, 1.54) is 14.9 Å². The number of hydrogen-bond acceptors (Lipinski definition) is 2. The molecule has 0 saturated carbocycles. The molecule has 2 rings (SSSR count). The molecule has 17 heavy (non-hydrogen) atoms. The van der Waals surface area contributed by atoms with Gasteiger partial charge in [-0.1, -0.05) is 15.9 Å². The zero-order valence-electron chi connectivity index (χ0n) is 9.63. The van der Waals surface area contributed by atoms with Crippen molar-refractivity contribution in [3.05, 3.63) is 49.0 Å². The van der Waals surface area contributed by atoms with Crippen LogP contribution >= 0.6 is 43.2 Å². The largest absolute Gasteiger partial charge is 0.378 e. The number of nitrogens with one attached hydrogen (secondary N) is 1. The maximum Gasteiger partial charge on any atom is 0.0589 e. The Hall–Kier alpha value is -0.320. The van der Waals surface area contributed by atoms with Crippen LogP contribution in [0.1, 0.15) is 23.4 Å². The zero-order valence-corrected chi connectivity index (χ0v) is 13.6. The lowest BCUT2D eigenvalue weighted by molar-refractivity contribution is 0.902. The molecule has 0 amide bonds. The van der Waals surface area contributed by atoms with Gasteiger partial charge in [0.2, 0.25) is 0 Å². The molecule has 0 saturated heterocycles. The van der Waals surface area contributed by atoms with E-state index < -0.39 is 0 Å². The van der Waals surface area contributed by atoms with Crippen LogP contribution in [0.4, 0.5) is 5.69 Å². The number of rotatable bonds is 3. The molecule has 4 heteroatoms. The molecule has 1 atom stereocenters. The normalized spacial score (nSPS) is 12.5. The fraction of sp³-hybridized carbons (Fsp3) is 0.231. The predicted molar refractivity (Wildman–Crippen MR) is 82.9 cm³/mol. The molecular weight excluding hydrogens is 362 g/mol. The van der Waals surface area contributed by atoms with Gasteiger partial charge in [0.1, 0.15) is 0 Å². The summed E-state index contributed by atoms with van der Waals surface area (Å²) in [5, 5.41) is 5.62. The predicted octanol–water partition coefficient (Wildman–Crippen LogP) is 5.75. The number of halogens is 2. The molecule has 1 N–H and O–H groups in total. The van der Waals surface area contributed by atoms with Crippen molar-refractivity contribution in [1.82, 2.24) is 0 Å². The van der Waals surface area contributed by atoms with Crippen LogP contribution in [0.5, 0.6) is 0 Å². The summed E-state index contributed by atoms with van der Waals surface area (Å²) in [7, 11) is 0. The molecule has 1 unspecified atom stereocenters. The van der Waals surface area contributed by atoms with Gasteiger partial charge in [-0.15, -0.1) is 11.3 Å². The van der Waals surface area contributed by atoms with Crippen molar-refractivity contribution in [2.24, 2.45) is 0 Å². The van der Waals surface area contributed by atoms with Crippen LogP contribution in [0.25, 0.3) is 0 Å². The van der Waals surface area contributed by atoms with Crippen molar-refractivity contribution in [1.29, 1.82) is 0 Å². The van der Waals surface area contributed by atoms with Crippen LogP contribution < -0.4 is 5.32 Å². The van der Waals surface area contributed by atoms with Crippen LogP contribution in [0.3, 0.4) is 0 Å². The summed E-state index contributed by atoms with van der Waals surface area (Å²) in [6, 6.07) is 8.76. The highest BCUT2D eigenvalue weighted by atomic mass is 79.9. The second-order valence-electron chi connectivity index (χ2n) is 4.02. The van der Waals surface area contributed by atoms with Crippen LogP contribution in [0, 0.1) is 6.92 Å². The lowest BCUT2D eigenvalue weighted by Gasteiger charge is -2.15. The van der Waals surface area contributed by atoms with E-state index in [9.17, 15) is 0 Å². The minimum absolute atomic E-state index is 0.304. The first-order chi connectivity index (χ1) is 8.06. The van der Waals surface area contributed by atoms with E-state index in [1.54, 1.807) is 11.3 Å². The summed E-state index contributed by atoms with van der Waals surface area (Å²) < 4.78 is 2.28. The highest BCUT2D eigenvalue weighted by molar-refractivity contribution is 9.10. The molecule has 0 aliphatic heterocycles. The highest BCUT2D eigenvalue weighted by Gasteiger charge is 2.10. The molecule has 1 nitrogen and oxygen atoms in total. The third kappa shape index (κ3) is 3.33. The summed E-state index contributed by atoms with van der Waals surface area (Å²) in [4.78, 5) is 1.32. The van der Waals surface area contributed by atoms with E-state index in [0.717, 1.165) is 10.2 Å². The van der Waals surface area contributed by atoms with E-state index in [4.69, 9.17) is 0 Å². The quantitative estimate of drug-likeness (QED) is 0.720. The van der Waals surface area contributed by atoms with Gasteiger partial charge in [0.25, 0.3) is 0 Å². The Kier molecular flexibility index (Phi) is 4.28. The Balaban J connectivity index is 2.18. The number of hydrogen-bond donors (Lipinski definition) is 1. The van der Waals surface area contributed by atoms with Crippen LogP contribution in [-0.2, 0) is 0 Å². The minimum atomic E-state index is 0.304. The maximum atomic E-state index is 3.57. The van der Waals surface area contributed by atoms with Crippen molar-refractivity contribution in [2.75, 3.05) is 5.32 Å². The summed E-state index contributed by atoms with van der Waals surface area (Å²) >= 11 is 8.85. The van der Waals surface area contributed by atoms with E-state index in [-0.39, 0.29) is 0 Å². The number of thiophene rings is 1. The topological polar surface area (TPSA) is 12.0 Å². The molecule has 0 bridgehead atoms. The third-order valence-corrected chi connectivity index (χ3v) is 4.97. The molecule has 0 fully saturated rings. The summed E-state index contributed by atoms with van der Waals surface area (Å²) in [5.74, 6) is 0. The Morgan fingerprint density at radius 3 is 2.59 bits per heavy atom. The number of aryl methyl sites for hydroxylation is 1. The van der Waals surface area contributed by atoms with E-state index in [2.05, 4.69) is 80.7 Å². The van der Waals surface area contributed by atoms with Gasteiger partial charge in [0.05, 0.1) is 6.04 Å². The number of anilines is 1. The van der Waals surface area contributed by atoms with E-state index >= 15 is 0 Å². The Bertz CT molecular complexity index is 502. The fourth-order valence-electron chi connectivity index (χ4n) is 1.75. The Morgan fingerprint density at radius 1 is 1.24 bits per heavy atom. The van der Waals surface area contributed by atoms with Crippen molar-refractivity contribution in [2.45, 2.75) is 19.9 Å². The molecule has 0 spiro atoms. The smallest absolute Gasteiger partial charge is 0.0589 e. The standard InChI is InChI=1S/C13H13Br2NS/c1-8-5-10(14)7-11(6-8)16-9(2)13-12(15)3-4-17-13/h3-7,9,16H,1-2H3. The lowest BCUT2D eigenvalue weighted by Crippen LogP contribution is -2.05. The number of benzene rings is 1. The van der Waals surface area contributed by atoms with Crippen LogP contribution in [0.2, 0.25) is 0 Å². The van der Waals surface area contributed by atoms with Crippen molar-refractivity contribution in [3.63, 3.8) is 0 Å². The van der Waals surface area contributed by atoms with E-state index in [1.807, 2.05) is 0 Å².